The van der Waals surface area contributed by atoms with Crippen molar-refractivity contribution in [1.29, 1.82) is 0 Å². The first-order valence-electron chi connectivity index (χ1n) is 10.5. The van der Waals surface area contributed by atoms with Gasteiger partial charge < -0.3 is 9.64 Å². The third kappa shape index (κ3) is 3.87. The Hall–Kier alpha value is -2.54. The smallest absolute Gasteiger partial charge is 0.428 e. The lowest BCUT2D eigenvalue weighted by molar-refractivity contribution is -0.677. The fourth-order valence-corrected chi connectivity index (χ4v) is 6.47. The molecule has 2 atom stereocenters. The highest BCUT2D eigenvalue weighted by atomic mass is 127. The first-order valence-corrected chi connectivity index (χ1v) is 12.8. The second-order valence-electron chi connectivity index (χ2n) is 8.05. The Balaban J connectivity index is 1.41. The number of likely N-dealkylation sites (tertiary alicyclic amines) is 1. The highest BCUT2D eigenvalue weighted by Crippen LogP contribution is 2.31. The van der Waals surface area contributed by atoms with Gasteiger partial charge in [0.15, 0.2) is 11.3 Å². The minimum Gasteiger partial charge on any atom is -0.479 e. The van der Waals surface area contributed by atoms with Crippen LogP contribution in [0.2, 0.25) is 0 Å². The number of anilines is 1. The average Bonchev–Trinajstić information content (AvgIpc) is 3.43. The number of ether oxygens (including phenoxy) is 1. The lowest BCUT2D eigenvalue weighted by Crippen LogP contribution is -3.69. The van der Waals surface area contributed by atoms with Crippen LogP contribution in [-0.2, 0) is 0 Å². The Bertz CT molecular complexity index is 1260. The van der Waals surface area contributed by atoms with Crippen molar-refractivity contribution in [1.82, 2.24) is 34.1 Å². The number of nitrogens with zero attached hydrogens (tertiary/aromatic N) is 7. The predicted molar refractivity (Wildman–Crippen MR) is 115 cm³/mol. The molecule has 0 radical (unpaired) electrons. The second-order valence-corrected chi connectivity index (χ2v) is 10.7. The zero-order chi connectivity index (χ0) is 22.3. The molecule has 0 aliphatic carbocycles. The van der Waals surface area contributed by atoms with Gasteiger partial charge >= 0.3 is 21.5 Å². The third-order valence-corrected chi connectivity index (χ3v) is 9.33. The molecule has 1 fully saturated rings. The zero-order valence-corrected chi connectivity index (χ0v) is 20.3. The molecule has 1 unspecified atom stereocenters. The van der Waals surface area contributed by atoms with Gasteiger partial charge in [-0.05, 0) is 31.7 Å². The summed E-state index contributed by atoms with van der Waals surface area (Å²) in [5.41, 5.74) is 2.23. The van der Waals surface area contributed by atoms with E-state index < -0.39 is 27.1 Å². The molecule has 11 heteroatoms. The van der Waals surface area contributed by atoms with Crippen LogP contribution < -0.4 is 29.7 Å². The van der Waals surface area contributed by atoms with Crippen LogP contribution in [0.4, 0.5) is 10.3 Å². The number of fused-ring (bicyclic) bond motifs is 2. The summed E-state index contributed by atoms with van der Waals surface area (Å²) < 4.78 is 27.7. The number of aromatic nitrogens is 6. The van der Waals surface area contributed by atoms with Crippen LogP contribution in [0.1, 0.15) is 20.3 Å². The van der Waals surface area contributed by atoms with E-state index in [1.54, 1.807) is 23.1 Å². The Kier molecular flexibility index (Phi) is 5.61. The van der Waals surface area contributed by atoms with Crippen LogP contribution in [0.5, 0.6) is 5.88 Å². The number of methoxy groups -OCH3 is 1. The fourth-order valence-electron chi connectivity index (χ4n) is 4.15. The van der Waals surface area contributed by atoms with Crippen molar-refractivity contribution in [3.05, 3.63) is 36.9 Å². The van der Waals surface area contributed by atoms with Crippen LogP contribution in [-0.4, -0.2) is 70.4 Å². The van der Waals surface area contributed by atoms with Crippen molar-refractivity contribution < 1.29 is 30.6 Å². The van der Waals surface area contributed by atoms with Crippen molar-refractivity contribution in [2.45, 2.75) is 29.9 Å². The summed E-state index contributed by atoms with van der Waals surface area (Å²) >= 11 is -0.681. The molecule has 0 saturated carbocycles. The van der Waals surface area contributed by atoms with Gasteiger partial charge in [0.05, 0.1) is 7.11 Å². The predicted octanol–water partition coefficient (Wildman–Crippen LogP) is -0.314. The van der Waals surface area contributed by atoms with Gasteiger partial charge in [0, 0.05) is 43.0 Å². The molecule has 5 heterocycles. The monoisotopic (exact) mass is 551 g/mol. The van der Waals surface area contributed by atoms with E-state index in [9.17, 15) is 0 Å². The van der Waals surface area contributed by atoms with Crippen LogP contribution in [0.15, 0.2) is 36.9 Å². The van der Waals surface area contributed by atoms with Crippen LogP contribution >= 0.6 is 0 Å². The highest BCUT2D eigenvalue weighted by Gasteiger charge is 2.49. The molecule has 0 aromatic carbocycles. The van der Waals surface area contributed by atoms with Crippen LogP contribution in [0.3, 0.4) is 0 Å². The quantitative estimate of drug-likeness (QED) is 0.200. The molecule has 1 N–H and O–H groups in total. The minimum atomic E-state index is -1.21. The van der Waals surface area contributed by atoms with E-state index in [0.29, 0.717) is 18.4 Å². The molecule has 0 spiro atoms. The molecule has 1 aliphatic heterocycles. The van der Waals surface area contributed by atoms with Crippen molar-refractivity contribution in [3.63, 3.8) is 0 Å². The van der Waals surface area contributed by atoms with E-state index in [-0.39, 0.29) is 3.92 Å². The number of hydrogen-bond donors (Lipinski definition) is 1. The molecule has 32 heavy (non-hydrogen) atoms. The van der Waals surface area contributed by atoms with Gasteiger partial charge in [-0.3, -0.25) is 0 Å². The van der Waals surface area contributed by atoms with E-state index in [1.807, 2.05) is 30.6 Å². The molecule has 168 valence electrons. The average molecular weight is 551 g/mol. The SMILES string of the molecule is CCN1CCC([I+]Nc2nc(OC)c3c(-c4ccc5ncnn5c4)ccn3n2)[C@@](C)(F)C1. The van der Waals surface area contributed by atoms with Gasteiger partial charge in [0.25, 0.3) is 5.95 Å². The molecule has 9 nitrogen and oxygen atoms in total. The van der Waals surface area contributed by atoms with Crippen molar-refractivity contribution >= 4 is 17.1 Å². The number of rotatable bonds is 6. The normalized spacial score (nSPS) is 21.9. The maximum atomic E-state index is 15.2. The molecular formula is C21H25FIN8O+. The largest absolute Gasteiger partial charge is 0.479 e. The first-order chi connectivity index (χ1) is 15.5. The van der Waals surface area contributed by atoms with E-state index in [2.05, 4.69) is 35.5 Å². The number of halogens is 2. The maximum Gasteiger partial charge on any atom is 0.428 e. The van der Waals surface area contributed by atoms with E-state index in [0.717, 1.165) is 41.8 Å². The Morgan fingerprint density at radius 2 is 2.19 bits per heavy atom. The van der Waals surface area contributed by atoms with Crippen molar-refractivity contribution in [3.8, 4) is 17.0 Å². The van der Waals surface area contributed by atoms with E-state index in [4.69, 9.17) is 4.74 Å². The standard InChI is InChI=1S/C21H25FIN8O/c1-4-29-9-8-16(21(2,22)12-29)23-27-20-26-19(32-3)18-15(7-10-30(18)28-20)14-5-6-17-24-13-25-31(17)11-14/h5-7,10-11,13,16H,4,8-9,12H2,1-3H3,(H,27,28)/q+1/t16?,21-/m0/s1. The Morgan fingerprint density at radius 3 is 2.97 bits per heavy atom. The summed E-state index contributed by atoms with van der Waals surface area (Å²) in [4.78, 5) is 10.9. The lowest BCUT2D eigenvalue weighted by atomic mass is 9.97. The third-order valence-electron chi connectivity index (χ3n) is 5.86. The van der Waals surface area contributed by atoms with Gasteiger partial charge in [-0.2, -0.15) is 10.1 Å². The summed E-state index contributed by atoms with van der Waals surface area (Å²) in [7, 11) is 1.59. The molecule has 1 aliphatic rings. The van der Waals surface area contributed by atoms with E-state index >= 15 is 4.39 Å². The van der Waals surface area contributed by atoms with Crippen LogP contribution in [0.25, 0.3) is 22.3 Å². The van der Waals surface area contributed by atoms with Gasteiger partial charge in [-0.25, -0.2) is 18.4 Å². The molecule has 4 aromatic rings. The molecule has 5 rings (SSSR count). The van der Waals surface area contributed by atoms with Crippen LogP contribution in [0, 0.1) is 0 Å². The second kappa shape index (κ2) is 8.43. The number of nitrogens with one attached hydrogen (secondary N) is 1. The Labute approximate surface area is 195 Å². The maximum absolute atomic E-state index is 15.2. The summed E-state index contributed by atoms with van der Waals surface area (Å²) in [5.74, 6) is 0.929. The van der Waals surface area contributed by atoms with E-state index in [1.165, 1.54) is 6.33 Å². The van der Waals surface area contributed by atoms with Crippen molar-refractivity contribution in [2.24, 2.45) is 0 Å². The van der Waals surface area contributed by atoms with Gasteiger partial charge in [0.2, 0.25) is 9.80 Å². The molecule has 4 aromatic heterocycles. The van der Waals surface area contributed by atoms with Gasteiger partial charge in [-0.15, -0.1) is 8.63 Å². The molecule has 0 amide bonds. The molecule has 0 bridgehead atoms. The van der Waals surface area contributed by atoms with Gasteiger partial charge in [0.1, 0.15) is 11.8 Å². The first kappa shape index (κ1) is 21.3. The number of pyridine rings is 1. The zero-order valence-electron chi connectivity index (χ0n) is 18.2. The lowest BCUT2D eigenvalue weighted by Gasteiger charge is -2.35. The number of hydrogen-bond acceptors (Lipinski definition) is 7. The van der Waals surface area contributed by atoms with Gasteiger partial charge in [-0.1, -0.05) is 6.92 Å². The number of piperidine rings is 1. The summed E-state index contributed by atoms with van der Waals surface area (Å²) in [6.45, 7) is 6.09. The minimum absolute atomic E-state index is 0.00372. The summed E-state index contributed by atoms with van der Waals surface area (Å²) in [6.07, 6.45) is 6.16. The number of alkyl halides is 2. The molecule has 1 saturated heterocycles. The topological polar surface area (TPSA) is 84.9 Å². The molecular weight excluding hydrogens is 526 g/mol. The highest BCUT2D eigenvalue weighted by molar-refractivity contribution is 5.84. The summed E-state index contributed by atoms with van der Waals surface area (Å²) in [6, 6.07) is 5.88. The van der Waals surface area contributed by atoms with Crippen molar-refractivity contribution in [2.75, 3.05) is 30.3 Å². The summed E-state index contributed by atoms with van der Waals surface area (Å²) in [5, 5.41) is 8.83. The Morgan fingerprint density at radius 1 is 1.31 bits per heavy atom. The fraction of sp³-hybridized carbons (Fsp3) is 0.429.